The molecule has 0 saturated heterocycles. The van der Waals surface area contributed by atoms with E-state index in [4.69, 9.17) is 9.84 Å². The van der Waals surface area contributed by atoms with E-state index >= 15 is 0 Å². The first-order chi connectivity index (χ1) is 7.29. The number of ketones is 1. The van der Waals surface area contributed by atoms with Gasteiger partial charge in [0.15, 0.2) is 5.78 Å². The molecule has 1 aliphatic carbocycles. The third-order valence-corrected chi connectivity index (χ3v) is 3.22. The molecule has 1 heterocycles. The van der Waals surface area contributed by atoms with E-state index < -0.39 is 0 Å². The number of aliphatic hydroxyl groups is 1. The highest BCUT2D eigenvalue weighted by atomic mass is 16.5. The summed E-state index contributed by atoms with van der Waals surface area (Å²) >= 11 is 0. The summed E-state index contributed by atoms with van der Waals surface area (Å²) in [6.45, 7) is 0.0391. The van der Waals surface area contributed by atoms with Crippen LogP contribution in [0.15, 0.2) is 12.1 Å². The number of fused-ring (bicyclic) bond motifs is 3. The smallest absolute Gasteiger partial charge is 0.163 e. The lowest BCUT2D eigenvalue weighted by Crippen LogP contribution is -2.17. The average molecular weight is 204 g/mol. The summed E-state index contributed by atoms with van der Waals surface area (Å²) in [4.78, 5) is 11.5. The zero-order chi connectivity index (χ0) is 10.4. The van der Waals surface area contributed by atoms with Gasteiger partial charge in [0.25, 0.3) is 0 Å². The van der Waals surface area contributed by atoms with Gasteiger partial charge in [0.2, 0.25) is 0 Å². The fourth-order valence-corrected chi connectivity index (χ4v) is 2.48. The second-order valence-corrected chi connectivity index (χ2v) is 4.12. The number of hydrogen-bond donors (Lipinski definition) is 1. The van der Waals surface area contributed by atoms with Crippen LogP contribution in [-0.2, 0) is 12.8 Å². The van der Waals surface area contributed by atoms with Gasteiger partial charge in [0, 0.05) is 24.0 Å². The first kappa shape index (κ1) is 8.92. The van der Waals surface area contributed by atoms with Crippen molar-refractivity contribution in [3.05, 3.63) is 28.8 Å². The Morgan fingerprint density at radius 3 is 3.00 bits per heavy atom. The van der Waals surface area contributed by atoms with Crippen molar-refractivity contribution in [1.82, 2.24) is 0 Å². The van der Waals surface area contributed by atoms with Crippen molar-refractivity contribution in [3.8, 4) is 5.75 Å². The molecule has 3 nitrogen and oxygen atoms in total. The van der Waals surface area contributed by atoms with Gasteiger partial charge in [-0.2, -0.15) is 0 Å². The first-order valence-electron chi connectivity index (χ1n) is 5.25. The monoisotopic (exact) mass is 204 g/mol. The molecule has 1 atom stereocenters. The predicted molar refractivity (Wildman–Crippen MR) is 54.3 cm³/mol. The van der Waals surface area contributed by atoms with Crippen LogP contribution in [0.3, 0.4) is 0 Å². The van der Waals surface area contributed by atoms with Crippen LogP contribution in [0.4, 0.5) is 0 Å². The normalized spacial score (nSPS) is 22.5. The molecular formula is C12H12O3. The van der Waals surface area contributed by atoms with Gasteiger partial charge < -0.3 is 9.84 Å². The predicted octanol–water partition coefficient (Wildman–Crippen LogP) is 1.11. The topological polar surface area (TPSA) is 46.5 Å². The lowest BCUT2D eigenvalue weighted by molar-refractivity contribution is 0.0994. The Bertz CT molecular complexity index is 437. The standard InChI is InChI=1S/C12H12O3/c13-6-7-5-10-8-1-3-11(14)9(8)2-4-12(10)15-7/h2,4,7,13H,1,3,5-6H2/t7-/m1/s1. The molecule has 0 unspecified atom stereocenters. The maximum absolute atomic E-state index is 11.5. The number of rotatable bonds is 1. The van der Waals surface area contributed by atoms with Crippen molar-refractivity contribution >= 4 is 5.78 Å². The van der Waals surface area contributed by atoms with Crippen LogP contribution in [0.1, 0.15) is 27.9 Å². The molecule has 15 heavy (non-hydrogen) atoms. The number of benzene rings is 1. The maximum Gasteiger partial charge on any atom is 0.163 e. The van der Waals surface area contributed by atoms with E-state index in [0.717, 1.165) is 35.3 Å². The number of aliphatic hydroxyl groups excluding tert-OH is 1. The molecule has 1 N–H and O–H groups in total. The van der Waals surface area contributed by atoms with Gasteiger partial charge in [0.1, 0.15) is 11.9 Å². The Labute approximate surface area is 87.7 Å². The SMILES string of the molecule is O=C1CCc2c1ccc1c2C[C@H](CO)O1. The fourth-order valence-electron chi connectivity index (χ4n) is 2.48. The van der Waals surface area contributed by atoms with Crippen molar-refractivity contribution in [1.29, 1.82) is 0 Å². The van der Waals surface area contributed by atoms with E-state index in [1.165, 1.54) is 0 Å². The number of carbonyl (C=O) groups excluding carboxylic acids is 1. The zero-order valence-electron chi connectivity index (χ0n) is 8.32. The van der Waals surface area contributed by atoms with E-state index in [9.17, 15) is 4.79 Å². The van der Waals surface area contributed by atoms with Crippen molar-refractivity contribution in [2.24, 2.45) is 0 Å². The molecule has 3 heteroatoms. The summed E-state index contributed by atoms with van der Waals surface area (Å²) in [5, 5.41) is 9.05. The van der Waals surface area contributed by atoms with Gasteiger partial charge in [-0.1, -0.05) is 0 Å². The summed E-state index contributed by atoms with van der Waals surface area (Å²) in [6, 6.07) is 3.70. The molecule has 3 rings (SSSR count). The molecule has 0 amide bonds. The van der Waals surface area contributed by atoms with Gasteiger partial charge >= 0.3 is 0 Å². The molecule has 0 bridgehead atoms. The lowest BCUT2D eigenvalue weighted by atomic mass is 10.00. The molecule has 0 saturated carbocycles. The molecule has 78 valence electrons. The third kappa shape index (κ3) is 1.20. The Morgan fingerprint density at radius 2 is 2.20 bits per heavy atom. The number of hydrogen-bond acceptors (Lipinski definition) is 3. The molecule has 0 radical (unpaired) electrons. The van der Waals surface area contributed by atoms with Gasteiger partial charge in [-0.25, -0.2) is 0 Å². The molecule has 2 aliphatic rings. The minimum absolute atomic E-state index is 0.0391. The largest absolute Gasteiger partial charge is 0.487 e. The molecule has 1 aliphatic heterocycles. The van der Waals surface area contributed by atoms with Crippen molar-refractivity contribution in [2.75, 3.05) is 6.61 Å². The number of Topliss-reactive ketones (excluding diaryl/α,β-unsaturated/α-hetero) is 1. The van der Waals surface area contributed by atoms with Crippen LogP contribution in [0, 0.1) is 0 Å². The van der Waals surface area contributed by atoms with E-state index in [1.807, 2.05) is 12.1 Å². The van der Waals surface area contributed by atoms with Crippen molar-refractivity contribution in [3.63, 3.8) is 0 Å². The average Bonchev–Trinajstić information content (AvgIpc) is 2.81. The summed E-state index contributed by atoms with van der Waals surface area (Å²) in [6.07, 6.45) is 2.07. The van der Waals surface area contributed by atoms with Crippen molar-refractivity contribution < 1.29 is 14.6 Å². The van der Waals surface area contributed by atoms with Gasteiger partial charge in [-0.3, -0.25) is 4.79 Å². The summed E-state index contributed by atoms with van der Waals surface area (Å²) in [5.41, 5.74) is 3.14. The van der Waals surface area contributed by atoms with Crippen LogP contribution in [0.5, 0.6) is 5.75 Å². The number of ether oxygens (including phenoxy) is 1. The van der Waals surface area contributed by atoms with E-state index in [0.29, 0.717) is 6.42 Å². The molecule has 0 spiro atoms. The molecule has 1 aromatic rings. The van der Waals surface area contributed by atoms with Crippen LogP contribution in [0.25, 0.3) is 0 Å². The Hall–Kier alpha value is -1.35. The highest BCUT2D eigenvalue weighted by molar-refractivity contribution is 6.01. The van der Waals surface area contributed by atoms with E-state index in [-0.39, 0.29) is 18.5 Å². The Morgan fingerprint density at radius 1 is 1.33 bits per heavy atom. The minimum Gasteiger partial charge on any atom is -0.487 e. The Balaban J connectivity index is 2.09. The molecule has 0 fully saturated rings. The second kappa shape index (κ2) is 3.07. The highest BCUT2D eigenvalue weighted by Gasteiger charge is 2.30. The van der Waals surface area contributed by atoms with E-state index in [2.05, 4.69) is 0 Å². The lowest BCUT2D eigenvalue weighted by Gasteiger charge is -2.05. The maximum atomic E-state index is 11.5. The fraction of sp³-hybridized carbons (Fsp3) is 0.417. The van der Waals surface area contributed by atoms with Crippen LogP contribution in [-0.4, -0.2) is 23.6 Å². The van der Waals surface area contributed by atoms with Crippen LogP contribution >= 0.6 is 0 Å². The van der Waals surface area contributed by atoms with Crippen molar-refractivity contribution in [2.45, 2.75) is 25.4 Å². The Kier molecular flexibility index (Phi) is 1.83. The highest BCUT2D eigenvalue weighted by Crippen LogP contribution is 2.37. The summed E-state index contributed by atoms with van der Waals surface area (Å²) in [5.74, 6) is 1.09. The van der Waals surface area contributed by atoms with Crippen LogP contribution in [0.2, 0.25) is 0 Å². The van der Waals surface area contributed by atoms with Gasteiger partial charge in [0.05, 0.1) is 6.61 Å². The first-order valence-corrected chi connectivity index (χ1v) is 5.25. The van der Waals surface area contributed by atoms with Gasteiger partial charge in [-0.05, 0) is 24.1 Å². The second-order valence-electron chi connectivity index (χ2n) is 4.12. The number of carbonyl (C=O) groups is 1. The van der Waals surface area contributed by atoms with Gasteiger partial charge in [-0.15, -0.1) is 0 Å². The molecular weight excluding hydrogens is 192 g/mol. The van der Waals surface area contributed by atoms with Crippen LogP contribution < -0.4 is 4.74 Å². The summed E-state index contributed by atoms with van der Waals surface area (Å²) in [7, 11) is 0. The minimum atomic E-state index is -0.123. The quantitative estimate of drug-likeness (QED) is 0.745. The zero-order valence-corrected chi connectivity index (χ0v) is 8.32. The summed E-state index contributed by atoms with van der Waals surface area (Å²) < 4.78 is 5.56. The molecule has 1 aromatic carbocycles. The third-order valence-electron chi connectivity index (χ3n) is 3.22. The van der Waals surface area contributed by atoms with E-state index in [1.54, 1.807) is 0 Å². The molecule has 0 aromatic heterocycles.